The average molecular weight is 309 g/mol. The van der Waals surface area contributed by atoms with Gasteiger partial charge in [-0.25, -0.2) is 0 Å². The van der Waals surface area contributed by atoms with Crippen LogP contribution in [0.3, 0.4) is 0 Å². The summed E-state index contributed by atoms with van der Waals surface area (Å²) in [6, 6.07) is 13.8. The Morgan fingerprint density at radius 1 is 1.17 bits per heavy atom. The molecule has 0 saturated carbocycles. The van der Waals surface area contributed by atoms with Gasteiger partial charge in [0, 0.05) is 18.8 Å². The van der Waals surface area contributed by atoms with Gasteiger partial charge in [-0.05, 0) is 30.4 Å². The summed E-state index contributed by atoms with van der Waals surface area (Å²) in [6.45, 7) is 0. The molecule has 1 aliphatic rings. The molecule has 0 bridgehead atoms. The molecule has 0 radical (unpaired) electrons. The fourth-order valence-electron chi connectivity index (χ4n) is 2.53. The maximum atomic E-state index is 12.4. The second kappa shape index (κ2) is 5.92. The number of carbonyl (C=O) groups is 1. The molecular formula is C17H15N3O3. The summed E-state index contributed by atoms with van der Waals surface area (Å²) in [7, 11) is 1.69. The number of hydrogen-bond donors (Lipinski definition) is 1. The Labute approximate surface area is 133 Å². The van der Waals surface area contributed by atoms with Gasteiger partial charge < -0.3 is 10.2 Å². The zero-order valence-corrected chi connectivity index (χ0v) is 12.5. The Morgan fingerprint density at radius 2 is 1.87 bits per heavy atom. The van der Waals surface area contributed by atoms with Gasteiger partial charge in [0.1, 0.15) is 6.17 Å². The lowest BCUT2D eigenvalue weighted by molar-refractivity contribution is -0.385. The number of nitro groups is 1. The lowest BCUT2D eigenvalue weighted by atomic mass is 10.1. The van der Waals surface area contributed by atoms with Crippen LogP contribution in [0, 0.1) is 10.1 Å². The van der Waals surface area contributed by atoms with Crippen LogP contribution >= 0.6 is 0 Å². The van der Waals surface area contributed by atoms with E-state index < -0.39 is 4.92 Å². The molecule has 23 heavy (non-hydrogen) atoms. The third kappa shape index (κ3) is 2.78. The van der Waals surface area contributed by atoms with Crippen molar-refractivity contribution >= 4 is 23.4 Å². The highest BCUT2D eigenvalue weighted by Crippen LogP contribution is 2.25. The zero-order chi connectivity index (χ0) is 16.4. The van der Waals surface area contributed by atoms with Gasteiger partial charge in [0.2, 0.25) is 0 Å². The number of nitrogens with one attached hydrogen (secondary N) is 1. The summed E-state index contributed by atoms with van der Waals surface area (Å²) in [5.41, 5.74) is 1.91. The first-order valence-corrected chi connectivity index (χ1v) is 7.12. The van der Waals surface area contributed by atoms with Crippen molar-refractivity contribution in [3.8, 4) is 0 Å². The summed E-state index contributed by atoms with van der Waals surface area (Å²) < 4.78 is 0. The molecule has 1 amide bonds. The minimum atomic E-state index is -0.419. The second-order valence-corrected chi connectivity index (χ2v) is 5.23. The van der Waals surface area contributed by atoms with Crippen molar-refractivity contribution in [2.45, 2.75) is 6.17 Å². The highest BCUT2D eigenvalue weighted by Gasteiger charge is 2.27. The molecule has 1 unspecified atom stereocenters. The lowest BCUT2D eigenvalue weighted by Gasteiger charge is -2.33. The van der Waals surface area contributed by atoms with Crippen LogP contribution in [0.1, 0.15) is 15.9 Å². The fourth-order valence-corrected chi connectivity index (χ4v) is 2.53. The molecule has 0 spiro atoms. The van der Waals surface area contributed by atoms with E-state index in [2.05, 4.69) is 5.32 Å². The Hall–Kier alpha value is -3.15. The van der Waals surface area contributed by atoms with E-state index in [4.69, 9.17) is 0 Å². The van der Waals surface area contributed by atoms with Crippen LogP contribution < -0.4 is 5.32 Å². The van der Waals surface area contributed by atoms with Gasteiger partial charge in [0.25, 0.3) is 11.6 Å². The number of carbonyl (C=O) groups excluding carboxylic acids is 1. The van der Waals surface area contributed by atoms with E-state index in [1.165, 1.54) is 6.07 Å². The second-order valence-electron chi connectivity index (χ2n) is 5.23. The molecular weight excluding hydrogens is 294 g/mol. The van der Waals surface area contributed by atoms with Crippen molar-refractivity contribution in [3.63, 3.8) is 0 Å². The molecule has 1 atom stereocenters. The van der Waals surface area contributed by atoms with Gasteiger partial charge >= 0.3 is 0 Å². The summed E-state index contributed by atoms with van der Waals surface area (Å²) in [5.74, 6) is -0.0865. The van der Waals surface area contributed by atoms with Gasteiger partial charge in [0.15, 0.2) is 0 Å². The lowest BCUT2D eigenvalue weighted by Crippen LogP contribution is -2.45. The summed E-state index contributed by atoms with van der Waals surface area (Å²) >= 11 is 0. The number of benzene rings is 2. The number of nitrogens with zero attached hydrogens (tertiary/aromatic N) is 2. The van der Waals surface area contributed by atoms with E-state index in [0.29, 0.717) is 11.1 Å². The molecule has 116 valence electrons. The molecule has 6 heteroatoms. The monoisotopic (exact) mass is 309 g/mol. The van der Waals surface area contributed by atoms with E-state index in [0.717, 1.165) is 5.69 Å². The Balaban J connectivity index is 1.89. The minimum Gasteiger partial charge on any atom is -0.361 e. The largest absolute Gasteiger partial charge is 0.361 e. The molecule has 1 heterocycles. The smallest absolute Gasteiger partial charge is 0.276 e. The molecule has 2 aromatic carbocycles. The molecule has 0 fully saturated rings. The normalized spacial score (nSPS) is 17.0. The number of amides is 1. The zero-order valence-electron chi connectivity index (χ0n) is 12.5. The van der Waals surface area contributed by atoms with Crippen LogP contribution in [-0.2, 0) is 0 Å². The molecule has 1 aliphatic heterocycles. The molecule has 6 nitrogen and oxygen atoms in total. The van der Waals surface area contributed by atoms with Crippen molar-refractivity contribution in [1.82, 2.24) is 4.90 Å². The van der Waals surface area contributed by atoms with Gasteiger partial charge in [-0.15, -0.1) is 0 Å². The topological polar surface area (TPSA) is 75.5 Å². The standard InChI is InChI=1S/C17H15N3O3/c1-19-16(18-14-8-4-3-7-13(14)17(19)21)11-10-12-6-2-5-9-15(12)20(22)23/h2-11,16,18H,1H3. The maximum absolute atomic E-state index is 12.4. The van der Waals surface area contributed by atoms with Gasteiger partial charge in [-0.3, -0.25) is 14.9 Å². The molecule has 1 N–H and O–H groups in total. The highest BCUT2D eigenvalue weighted by molar-refractivity contribution is 6.01. The van der Waals surface area contributed by atoms with Crippen LogP contribution in [0.15, 0.2) is 54.6 Å². The van der Waals surface area contributed by atoms with Gasteiger partial charge in [-0.2, -0.15) is 0 Å². The van der Waals surface area contributed by atoms with Crippen molar-refractivity contribution < 1.29 is 9.72 Å². The molecule has 2 aromatic rings. The highest BCUT2D eigenvalue weighted by atomic mass is 16.6. The number of anilines is 1. The number of likely N-dealkylation sites (N-methyl/N-ethyl adjacent to an activating group) is 1. The van der Waals surface area contributed by atoms with Crippen LogP contribution in [0.4, 0.5) is 11.4 Å². The first-order chi connectivity index (χ1) is 11.1. The van der Waals surface area contributed by atoms with Crippen LogP contribution in [0.25, 0.3) is 6.08 Å². The van der Waals surface area contributed by atoms with E-state index in [9.17, 15) is 14.9 Å². The maximum Gasteiger partial charge on any atom is 0.276 e. The van der Waals surface area contributed by atoms with Gasteiger partial charge in [0.05, 0.1) is 16.1 Å². The third-order valence-electron chi connectivity index (χ3n) is 3.79. The van der Waals surface area contributed by atoms with Crippen molar-refractivity contribution in [1.29, 1.82) is 0 Å². The number of fused-ring (bicyclic) bond motifs is 1. The van der Waals surface area contributed by atoms with Crippen LogP contribution in [0.5, 0.6) is 0 Å². The summed E-state index contributed by atoms with van der Waals surface area (Å²) in [5, 5.41) is 14.3. The van der Waals surface area contributed by atoms with Crippen molar-refractivity contribution in [3.05, 3.63) is 75.8 Å². The molecule has 3 rings (SSSR count). The van der Waals surface area contributed by atoms with E-state index in [-0.39, 0.29) is 17.8 Å². The third-order valence-corrected chi connectivity index (χ3v) is 3.79. The molecule has 0 aromatic heterocycles. The van der Waals surface area contributed by atoms with Crippen molar-refractivity contribution in [2.24, 2.45) is 0 Å². The SMILES string of the molecule is CN1C(=O)c2ccccc2NC1C=Cc1ccccc1[N+](=O)[O-]. The number of hydrogen-bond acceptors (Lipinski definition) is 4. The van der Waals surface area contributed by atoms with E-state index in [1.807, 2.05) is 18.2 Å². The number of para-hydroxylation sites is 2. The first kappa shape index (κ1) is 14.8. The summed E-state index contributed by atoms with van der Waals surface area (Å²) in [6.07, 6.45) is 3.04. The molecule has 0 aliphatic carbocycles. The number of nitro benzene ring substituents is 1. The van der Waals surface area contributed by atoms with Crippen LogP contribution in [0.2, 0.25) is 0 Å². The molecule has 0 saturated heterocycles. The quantitative estimate of drug-likeness (QED) is 0.698. The van der Waals surface area contributed by atoms with E-state index >= 15 is 0 Å². The fraction of sp³-hybridized carbons (Fsp3) is 0.118. The Kier molecular flexibility index (Phi) is 3.80. The first-order valence-electron chi connectivity index (χ1n) is 7.12. The van der Waals surface area contributed by atoms with Gasteiger partial charge in [-0.1, -0.05) is 24.3 Å². The minimum absolute atomic E-state index is 0.0361. The van der Waals surface area contributed by atoms with Crippen LogP contribution in [-0.4, -0.2) is 28.9 Å². The predicted octanol–water partition coefficient (Wildman–Crippen LogP) is 3.13. The Bertz CT molecular complexity index is 801. The number of rotatable bonds is 3. The van der Waals surface area contributed by atoms with Crippen molar-refractivity contribution in [2.75, 3.05) is 12.4 Å². The summed E-state index contributed by atoms with van der Waals surface area (Å²) in [4.78, 5) is 24.5. The van der Waals surface area contributed by atoms with E-state index in [1.54, 1.807) is 48.4 Å². The predicted molar refractivity (Wildman–Crippen MR) is 88.1 cm³/mol. The average Bonchev–Trinajstić information content (AvgIpc) is 2.57. The Morgan fingerprint density at radius 3 is 2.65 bits per heavy atom.